The third kappa shape index (κ3) is 2.74. The number of halogens is 1. The zero-order chi connectivity index (χ0) is 15.7. The average Bonchev–Trinajstić information content (AvgIpc) is 3.04. The van der Waals surface area contributed by atoms with Gasteiger partial charge in [0.05, 0.1) is 0 Å². The van der Waals surface area contributed by atoms with Crippen LogP contribution in [0.15, 0.2) is 40.8 Å². The molecule has 1 aromatic carbocycles. The Hall–Kier alpha value is -2.20. The van der Waals surface area contributed by atoms with E-state index in [-0.39, 0.29) is 5.91 Å². The Balaban J connectivity index is 1.72. The number of carbonyl (C=O) groups excluding carboxylic acids is 1. The molecule has 0 atom stereocenters. The van der Waals surface area contributed by atoms with Crippen LogP contribution in [0.25, 0.3) is 10.9 Å². The molecule has 1 N–H and O–H groups in total. The molecule has 0 bridgehead atoms. The summed E-state index contributed by atoms with van der Waals surface area (Å²) in [7, 11) is 1.86. The normalized spacial score (nSPS) is 11.0. The molecule has 4 nitrogen and oxygen atoms in total. The smallest absolute Gasteiger partial charge is 0.267 e. The van der Waals surface area contributed by atoms with Crippen molar-refractivity contribution in [3.05, 3.63) is 58.6 Å². The molecule has 0 aliphatic rings. The molecule has 0 radical (unpaired) electrons. The van der Waals surface area contributed by atoms with Crippen molar-refractivity contribution in [2.75, 3.05) is 6.54 Å². The second-order valence-electron chi connectivity index (χ2n) is 5.28. The highest BCUT2D eigenvalue weighted by atomic mass is 35.5. The van der Waals surface area contributed by atoms with Crippen molar-refractivity contribution >= 4 is 28.4 Å². The predicted molar refractivity (Wildman–Crippen MR) is 87.4 cm³/mol. The Morgan fingerprint density at radius 2 is 2.14 bits per heavy atom. The van der Waals surface area contributed by atoms with Crippen molar-refractivity contribution in [2.24, 2.45) is 7.05 Å². The Morgan fingerprint density at radius 1 is 1.32 bits per heavy atom. The quantitative estimate of drug-likeness (QED) is 0.797. The molecular formula is C17H17ClN2O2. The number of rotatable bonds is 4. The first-order chi connectivity index (χ1) is 10.6. The fourth-order valence-electron chi connectivity index (χ4n) is 2.55. The van der Waals surface area contributed by atoms with E-state index in [4.69, 9.17) is 16.0 Å². The Labute approximate surface area is 133 Å². The van der Waals surface area contributed by atoms with Gasteiger partial charge in [-0.25, -0.2) is 0 Å². The summed E-state index contributed by atoms with van der Waals surface area (Å²) in [5.41, 5.74) is 1.54. The molecule has 3 rings (SSSR count). The summed E-state index contributed by atoms with van der Waals surface area (Å²) in [5, 5.41) is 4.45. The fourth-order valence-corrected chi connectivity index (χ4v) is 2.78. The summed E-state index contributed by atoms with van der Waals surface area (Å²) < 4.78 is 7.34. The van der Waals surface area contributed by atoms with Crippen molar-refractivity contribution in [1.82, 2.24) is 9.88 Å². The number of furan rings is 1. The van der Waals surface area contributed by atoms with Crippen LogP contribution in [0.5, 0.6) is 0 Å². The maximum Gasteiger partial charge on any atom is 0.267 e. The van der Waals surface area contributed by atoms with E-state index in [9.17, 15) is 4.79 Å². The summed E-state index contributed by atoms with van der Waals surface area (Å²) in [4.78, 5) is 12.3. The molecule has 0 saturated heterocycles. The number of carbonyl (C=O) groups is 1. The summed E-state index contributed by atoms with van der Waals surface area (Å²) in [6.07, 6.45) is 0.671. The minimum absolute atomic E-state index is 0.113. The monoisotopic (exact) mass is 316 g/mol. The second-order valence-corrected chi connectivity index (χ2v) is 5.69. The van der Waals surface area contributed by atoms with E-state index in [0.717, 1.165) is 22.4 Å². The molecule has 0 fully saturated rings. The lowest BCUT2D eigenvalue weighted by molar-refractivity contribution is 0.0946. The number of benzene rings is 1. The highest BCUT2D eigenvalue weighted by molar-refractivity contribution is 6.35. The SMILES string of the molecule is Cc1ccc(CCNC(=O)c2cc3c(Cl)cccc3n2C)o1. The van der Waals surface area contributed by atoms with E-state index in [1.807, 2.05) is 54.9 Å². The Bertz CT molecular complexity index is 832. The van der Waals surface area contributed by atoms with Gasteiger partial charge in [0.25, 0.3) is 5.91 Å². The van der Waals surface area contributed by atoms with Crippen molar-refractivity contribution in [1.29, 1.82) is 0 Å². The predicted octanol–water partition coefficient (Wildman–Crippen LogP) is 3.71. The average molecular weight is 317 g/mol. The van der Waals surface area contributed by atoms with E-state index in [1.165, 1.54) is 0 Å². The molecule has 0 aliphatic carbocycles. The lowest BCUT2D eigenvalue weighted by Gasteiger charge is -2.05. The van der Waals surface area contributed by atoms with Crippen LogP contribution in [-0.2, 0) is 13.5 Å². The zero-order valence-electron chi connectivity index (χ0n) is 12.5. The second kappa shape index (κ2) is 5.89. The van der Waals surface area contributed by atoms with Crippen LogP contribution in [0.4, 0.5) is 0 Å². The van der Waals surface area contributed by atoms with Gasteiger partial charge in [0.2, 0.25) is 0 Å². The van der Waals surface area contributed by atoms with Gasteiger partial charge < -0.3 is 14.3 Å². The topological polar surface area (TPSA) is 47.2 Å². The summed E-state index contributed by atoms with van der Waals surface area (Å²) in [6.45, 7) is 2.43. The van der Waals surface area contributed by atoms with Gasteiger partial charge in [-0.05, 0) is 37.3 Å². The third-order valence-electron chi connectivity index (χ3n) is 3.72. The number of fused-ring (bicyclic) bond motifs is 1. The van der Waals surface area contributed by atoms with Crippen LogP contribution >= 0.6 is 11.6 Å². The number of nitrogens with zero attached hydrogens (tertiary/aromatic N) is 1. The van der Waals surface area contributed by atoms with Crippen LogP contribution in [0.1, 0.15) is 22.0 Å². The number of nitrogens with one attached hydrogen (secondary N) is 1. The van der Waals surface area contributed by atoms with Gasteiger partial charge in [-0.2, -0.15) is 0 Å². The molecule has 0 saturated carbocycles. The van der Waals surface area contributed by atoms with Crippen molar-refractivity contribution in [3.8, 4) is 0 Å². The molecule has 2 aromatic heterocycles. The van der Waals surface area contributed by atoms with Crippen LogP contribution in [0.3, 0.4) is 0 Å². The number of amides is 1. The van der Waals surface area contributed by atoms with Crippen LogP contribution < -0.4 is 5.32 Å². The zero-order valence-corrected chi connectivity index (χ0v) is 13.3. The van der Waals surface area contributed by atoms with E-state index >= 15 is 0 Å². The standard InChI is InChI=1S/C17H17ClN2O2/c1-11-6-7-12(22-11)8-9-19-17(21)16-10-13-14(18)4-3-5-15(13)20(16)2/h3-7,10H,8-9H2,1-2H3,(H,19,21). The van der Waals surface area contributed by atoms with Crippen LogP contribution in [-0.4, -0.2) is 17.0 Å². The minimum atomic E-state index is -0.113. The lowest BCUT2D eigenvalue weighted by atomic mass is 10.2. The van der Waals surface area contributed by atoms with Crippen molar-refractivity contribution < 1.29 is 9.21 Å². The van der Waals surface area contributed by atoms with E-state index in [1.54, 1.807) is 0 Å². The summed E-state index contributed by atoms with van der Waals surface area (Å²) in [6, 6.07) is 11.3. The van der Waals surface area contributed by atoms with Crippen LogP contribution in [0.2, 0.25) is 5.02 Å². The van der Waals surface area contributed by atoms with Crippen molar-refractivity contribution in [2.45, 2.75) is 13.3 Å². The number of hydrogen-bond acceptors (Lipinski definition) is 2. The molecule has 3 aromatic rings. The Morgan fingerprint density at radius 3 is 2.82 bits per heavy atom. The van der Waals surface area contributed by atoms with Crippen molar-refractivity contribution in [3.63, 3.8) is 0 Å². The van der Waals surface area contributed by atoms with Gasteiger partial charge in [0, 0.05) is 35.9 Å². The summed E-state index contributed by atoms with van der Waals surface area (Å²) >= 11 is 6.18. The van der Waals surface area contributed by atoms with E-state index < -0.39 is 0 Å². The minimum Gasteiger partial charge on any atom is -0.466 e. The van der Waals surface area contributed by atoms with Gasteiger partial charge in [-0.3, -0.25) is 4.79 Å². The van der Waals surface area contributed by atoms with Gasteiger partial charge in [-0.15, -0.1) is 0 Å². The molecule has 5 heteroatoms. The highest BCUT2D eigenvalue weighted by Crippen LogP contribution is 2.26. The lowest BCUT2D eigenvalue weighted by Crippen LogP contribution is -2.27. The van der Waals surface area contributed by atoms with E-state index in [0.29, 0.717) is 23.7 Å². The van der Waals surface area contributed by atoms with E-state index in [2.05, 4.69) is 5.32 Å². The fraction of sp³-hybridized carbons (Fsp3) is 0.235. The largest absolute Gasteiger partial charge is 0.466 e. The number of hydrogen-bond donors (Lipinski definition) is 1. The summed E-state index contributed by atoms with van der Waals surface area (Å²) in [5.74, 6) is 1.64. The Kier molecular flexibility index (Phi) is 3.94. The molecule has 22 heavy (non-hydrogen) atoms. The molecule has 2 heterocycles. The molecular weight excluding hydrogens is 300 g/mol. The number of aromatic nitrogens is 1. The molecule has 1 amide bonds. The highest BCUT2D eigenvalue weighted by Gasteiger charge is 2.14. The maximum atomic E-state index is 12.3. The first kappa shape index (κ1) is 14.7. The first-order valence-corrected chi connectivity index (χ1v) is 7.51. The van der Waals surface area contributed by atoms with Gasteiger partial charge in [-0.1, -0.05) is 17.7 Å². The third-order valence-corrected chi connectivity index (χ3v) is 4.05. The number of aryl methyl sites for hydroxylation is 2. The van der Waals surface area contributed by atoms with Crippen LogP contribution in [0, 0.1) is 6.92 Å². The molecule has 114 valence electrons. The maximum absolute atomic E-state index is 12.3. The molecule has 0 spiro atoms. The van der Waals surface area contributed by atoms with Gasteiger partial charge in [0.1, 0.15) is 17.2 Å². The molecule has 0 aliphatic heterocycles. The first-order valence-electron chi connectivity index (χ1n) is 7.13. The molecule has 0 unspecified atom stereocenters. The van der Waals surface area contributed by atoms with Gasteiger partial charge in [0.15, 0.2) is 0 Å². The van der Waals surface area contributed by atoms with Gasteiger partial charge >= 0.3 is 0 Å².